The van der Waals surface area contributed by atoms with E-state index in [4.69, 9.17) is 11.6 Å². The average Bonchev–Trinajstić information content (AvgIpc) is 2.40. The fourth-order valence-electron chi connectivity index (χ4n) is 1.46. The summed E-state index contributed by atoms with van der Waals surface area (Å²) in [5.74, 6) is -2.67. The zero-order chi connectivity index (χ0) is 17.8. The lowest BCUT2D eigenvalue weighted by Crippen LogP contribution is -2.21. The lowest BCUT2D eigenvalue weighted by atomic mass is 10.1. The summed E-state index contributed by atoms with van der Waals surface area (Å²) in [6.45, 7) is 1.62. The molecule has 23 heavy (non-hydrogen) atoms. The first-order valence-corrected chi connectivity index (χ1v) is 6.43. The first-order valence-electron chi connectivity index (χ1n) is 6.05. The topological polar surface area (TPSA) is 67.8 Å². The maximum Gasteiger partial charge on any atom is 0.417 e. The Morgan fingerprint density at radius 3 is 2.39 bits per heavy atom. The van der Waals surface area contributed by atoms with Crippen LogP contribution in [-0.4, -0.2) is 24.2 Å². The number of carbonyl (C=O) groups excluding carboxylic acids is 2. The van der Waals surface area contributed by atoms with Crippen molar-refractivity contribution in [2.45, 2.75) is 20.0 Å². The molecule has 0 heterocycles. The minimum absolute atomic E-state index is 0.281. The number of ether oxygens (including phenoxy) is 1. The maximum absolute atomic E-state index is 13.6. The van der Waals surface area contributed by atoms with Crippen LogP contribution in [0.2, 0.25) is 5.02 Å². The summed E-state index contributed by atoms with van der Waals surface area (Å²) >= 11 is 5.32. The number of hydrogen-bond donors (Lipinski definition) is 1. The van der Waals surface area contributed by atoms with Gasteiger partial charge in [0, 0.05) is 19.4 Å². The predicted molar refractivity (Wildman–Crippen MR) is 73.4 cm³/mol. The van der Waals surface area contributed by atoms with Crippen molar-refractivity contribution in [3.05, 3.63) is 34.1 Å². The molecule has 0 bridgehead atoms. The quantitative estimate of drug-likeness (QED) is 0.391. The van der Waals surface area contributed by atoms with Crippen molar-refractivity contribution < 1.29 is 31.9 Å². The minimum Gasteiger partial charge on any atom is -0.459 e. The van der Waals surface area contributed by atoms with Gasteiger partial charge in [-0.05, 0) is 12.1 Å². The number of rotatable bonds is 4. The number of hydrogen-bond acceptors (Lipinski definition) is 4. The molecule has 0 radical (unpaired) electrons. The van der Waals surface area contributed by atoms with E-state index in [1.807, 2.05) is 5.43 Å². The van der Waals surface area contributed by atoms with E-state index in [1.54, 1.807) is 0 Å². The normalized spacial score (nSPS) is 12.0. The number of amides is 1. The molecule has 0 aliphatic carbocycles. The molecule has 0 aromatic heterocycles. The van der Waals surface area contributed by atoms with Crippen molar-refractivity contribution in [2.75, 3.05) is 6.61 Å². The molecule has 0 saturated heterocycles. The molecule has 0 aliphatic rings. The molecule has 0 fully saturated rings. The number of benzene rings is 1. The van der Waals surface area contributed by atoms with Crippen molar-refractivity contribution in [3.8, 4) is 0 Å². The Hall–Kier alpha value is -2.16. The zero-order valence-corrected chi connectivity index (χ0v) is 12.7. The average molecular weight is 355 g/mol. The molecule has 0 unspecified atom stereocenters. The van der Waals surface area contributed by atoms with E-state index in [-0.39, 0.29) is 11.3 Å². The number of hydrazone groups is 1. The molecule has 5 nitrogen and oxygen atoms in total. The van der Waals surface area contributed by atoms with Gasteiger partial charge < -0.3 is 4.74 Å². The molecule has 0 saturated carbocycles. The van der Waals surface area contributed by atoms with Gasteiger partial charge in [-0.1, -0.05) is 11.6 Å². The predicted octanol–water partition coefficient (Wildman–Crippen LogP) is 2.90. The van der Waals surface area contributed by atoms with Gasteiger partial charge in [0.2, 0.25) is 5.91 Å². The fourth-order valence-corrected chi connectivity index (χ4v) is 1.67. The van der Waals surface area contributed by atoms with E-state index in [0.29, 0.717) is 12.1 Å². The summed E-state index contributed by atoms with van der Waals surface area (Å²) in [5.41, 5.74) is -0.0483. The Kier molecular flexibility index (Phi) is 6.08. The van der Waals surface area contributed by atoms with Gasteiger partial charge in [0.25, 0.3) is 0 Å². The second-order valence-corrected chi connectivity index (χ2v) is 4.70. The highest BCUT2D eigenvalue weighted by molar-refractivity contribution is 6.31. The van der Waals surface area contributed by atoms with Gasteiger partial charge in [0.05, 0.1) is 10.6 Å². The van der Waals surface area contributed by atoms with E-state index in [0.717, 1.165) is 13.8 Å². The molecular formula is C13H11ClF4N2O3. The van der Waals surface area contributed by atoms with E-state index >= 15 is 0 Å². The highest BCUT2D eigenvalue weighted by Crippen LogP contribution is 2.36. The molecule has 1 aromatic carbocycles. The Morgan fingerprint density at radius 2 is 1.91 bits per heavy atom. The van der Waals surface area contributed by atoms with Crippen LogP contribution < -0.4 is 5.43 Å². The van der Waals surface area contributed by atoms with Crippen LogP contribution >= 0.6 is 11.6 Å². The number of nitrogens with one attached hydrogen (secondary N) is 1. The third kappa shape index (κ3) is 5.51. The summed E-state index contributed by atoms with van der Waals surface area (Å²) in [6, 6.07) is 1.25. The summed E-state index contributed by atoms with van der Waals surface area (Å²) in [7, 11) is 0. The standard InChI is InChI=1S/C13H11ClF4N2O3/c1-6(21)19-20-11(5-23-7(2)22)8-3-9(13(16,17)18)12(14)10(15)4-8/h3-4H,5H2,1-2H3,(H,19,21)/b20-11+. The molecular weight excluding hydrogens is 344 g/mol. The van der Waals surface area contributed by atoms with E-state index in [1.165, 1.54) is 0 Å². The van der Waals surface area contributed by atoms with Crippen LogP contribution in [0.15, 0.2) is 17.2 Å². The van der Waals surface area contributed by atoms with Crippen LogP contribution in [0.4, 0.5) is 17.6 Å². The Morgan fingerprint density at radius 1 is 1.30 bits per heavy atom. The van der Waals surface area contributed by atoms with E-state index in [2.05, 4.69) is 9.84 Å². The summed E-state index contributed by atoms with van der Waals surface area (Å²) in [5, 5.41) is 2.43. The van der Waals surface area contributed by atoms with Crippen LogP contribution in [0.5, 0.6) is 0 Å². The molecule has 126 valence electrons. The summed E-state index contributed by atoms with van der Waals surface area (Å²) < 4.78 is 56.8. The molecule has 0 atom stereocenters. The molecule has 0 aliphatic heterocycles. The maximum atomic E-state index is 13.6. The number of carbonyl (C=O) groups is 2. The zero-order valence-electron chi connectivity index (χ0n) is 11.9. The van der Waals surface area contributed by atoms with E-state index in [9.17, 15) is 27.2 Å². The second-order valence-electron chi connectivity index (χ2n) is 4.32. The first kappa shape index (κ1) is 18.9. The van der Waals surface area contributed by atoms with Crippen molar-refractivity contribution in [1.82, 2.24) is 5.43 Å². The number of alkyl halides is 3. The number of esters is 1. The molecule has 1 aromatic rings. The minimum atomic E-state index is -4.89. The molecule has 1 N–H and O–H groups in total. The lowest BCUT2D eigenvalue weighted by molar-refractivity contribution is -0.139. The fraction of sp³-hybridized carbons (Fsp3) is 0.308. The third-order valence-electron chi connectivity index (χ3n) is 2.43. The Bertz CT molecular complexity index is 659. The largest absolute Gasteiger partial charge is 0.459 e. The van der Waals surface area contributed by atoms with Gasteiger partial charge in [0.15, 0.2) is 0 Å². The molecule has 0 spiro atoms. The summed E-state index contributed by atoms with van der Waals surface area (Å²) in [4.78, 5) is 21.7. The van der Waals surface area contributed by atoms with Crippen LogP contribution in [0.25, 0.3) is 0 Å². The van der Waals surface area contributed by atoms with Crippen molar-refractivity contribution >= 4 is 29.2 Å². The molecule has 10 heteroatoms. The van der Waals surface area contributed by atoms with Crippen LogP contribution in [-0.2, 0) is 20.5 Å². The van der Waals surface area contributed by atoms with Gasteiger partial charge in [-0.2, -0.15) is 18.3 Å². The highest BCUT2D eigenvalue weighted by Gasteiger charge is 2.35. The van der Waals surface area contributed by atoms with Crippen molar-refractivity contribution in [2.24, 2.45) is 5.10 Å². The third-order valence-corrected chi connectivity index (χ3v) is 2.81. The lowest BCUT2D eigenvalue weighted by Gasteiger charge is -2.13. The van der Waals surface area contributed by atoms with Gasteiger partial charge in [-0.15, -0.1) is 0 Å². The van der Waals surface area contributed by atoms with Crippen LogP contribution in [0, 0.1) is 5.82 Å². The van der Waals surface area contributed by atoms with Gasteiger partial charge >= 0.3 is 12.1 Å². The highest BCUT2D eigenvalue weighted by atomic mass is 35.5. The van der Waals surface area contributed by atoms with Gasteiger partial charge in [0.1, 0.15) is 18.1 Å². The first-order chi connectivity index (χ1) is 10.5. The van der Waals surface area contributed by atoms with Crippen molar-refractivity contribution in [1.29, 1.82) is 0 Å². The number of nitrogens with zero attached hydrogens (tertiary/aromatic N) is 1. The SMILES string of the molecule is CC(=O)N/N=C(\COC(C)=O)c1cc(F)c(Cl)c(C(F)(F)F)c1. The summed E-state index contributed by atoms with van der Waals surface area (Å²) in [6.07, 6.45) is -4.89. The Labute approximate surface area is 133 Å². The Balaban J connectivity index is 3.35. The van der Waals surface area contributed by atoms with Gasteiger partial charge in [-0.3, -0.25) is 9.59 Å². The monoisotopic (exact) mass is 354 g/mol. The van der Waals surface area contributed by atoms with Crippen LogP contribution in [0.1, 0.15) is 25.0 Å². The molecule has 1 amide bonds. The van der Waals surface area contributed by atoms with Crippen LogP contribution in [0.3, 0.4) is 0 Å². The second kappa shape index (κ2) is 7.40. The smallest absolute Gasteiger partial charge is 0.417 e. The van der Waals surface area contributed by atoms with E-state index < -0.39 is 41.1 Å². The molecule has 1 rings (SSSR count). The van der Waals surface area contributed by atoms with Gasteiger partial charge in [-0.25, -0.2) is 9.82 Å². The number of halogens is 5. The van der Waals surface area contributed by atoms with Crippen molar-refractivity contribution in [3.63, 3.8) is 0 Å².